The molecule has 134 valence electrons. The van der Waals surface area contributed by atoms with Gasteiger partial charge in [-0.3, -0.25) is 0 Å². The molecule has 0 atom stereocenters. The van der Waals surface area contributed by atoms with E-state index in [9.17, 15) is 4.79 Å². The molecule has 0 saturated heterocycles. The molecule has 7 nitrogen and oxygen atoms in total. The number of nitrogens with two attached hydrogens (primary N) is 1. The van der Waals surface area contributed by atoms with Gasteiger partial charge in [0.2, 0.25) is 5.89 Å². The van der Waals surface area contributed by atoms with Gasteiger partial charge in [0.05, 0.1) is 12.3 Å². The zero-order valence-electron chi connectivity index (χ0n) is 14.4. The summed E-state index contributed by atoms with van der Waals surface area (Å²) in [6, 6.07) is 9.70. The molecule has 0 unspecified atom stereocenters. The topological polar surface area (TPSA) is 104 Å². The number of esters is 1. The van der Waals surface area contributed by atoms with Gasteiger partial charge in [-0.2, -0.15) is 0 Å². The van der Waals surface area contributed by atoms with Crippen LogP contribution in [0.15, 0.2) is 46.1 Å². The van der Waals surface area contributed by atoms with Gasteiger partial charge in [-0.05, 0) is 26.0 Å². The molecular weight excluding hydrogens is 352 g/mol. The van der Waals surface area contributed by atoms with E-state index in [1.54, 1.807) is 6.92 Å². The highest BCUT2D eigenvalue weighted by molar-refractivity contribution is 7.98. The second-order valence-corrected chi connectivity index (χ2v) is 6.29. The summed E-state index contributed by atoms with van der Waals surface area (Å²) in [5.41, 5.74) is 7.73. The molecule has 0 saturated carbocycles. The molecule has 0 amide bonds. The molecule has 0 aliphatic heterocycles. The van der Waals surface area contributed by atoms with Crippen LogP contribution >= 0.6 is 11.8 Å². The minimum Gasteiger partial charge on any atom is -0.462 e. The Balaban J connectivity index is 1.71. The van der Waals surface area contributed by atoms with Crippen molar-refractivity contribution in [2.45, 2.75) is 24.8 Å². The van der Waals surface area contributed by atoms with Crippen LogP contribution in [0.2, 0.25) is 0 Å². The van der Waals surface area contributed by atoms with Crippen LogP contribution in [0.5, 0.6) is 0 Å². The number of aryl methyl sites for hydroxylation is 1. The molecule has 0 radical (unpaired) electrons. The highest BCUT2D eigenvalue weighted by Crippen LogP contribution is 2.26. The first kappa shape index (κ1) is 17.9. The number of carbonyl (C=O) groups is 1. The molecule has 0 fully saturated rings. The van der Waals surface area contributed by atoms with Crippen LogP contribution in [0.4, 0.5) is 5.82 Å². The number of nitrogens with zero attached hydrogens (tertiary/aromatic N) is 3. The van der Waals surface area contributed by atoms with E-state index in [1.807, 2.05) is 37.3 Å². The van der Waals surface area contributed by atoms with Crippen LogP contribution in [-0.2, 0) is 10.5 Å². The smallest absolute Gasteiger partial charge is 0.343 e. The lowest BCUT2D eigenvalue weighted by atomic mass is 10.2. The Hall–Kier alpha value is -2.87. The summed E-state index contributed by atoms with van der Waals surface area (Å²) in [5, 5.41) is 0.458. The monoisotopic (exact) mass is 370 g/mol. The van der Waals surface area contributed by atoms with Crippen molar-refractivity contribution < 1.29 is 13.9 Å². The zero-order valence-corrected chi connectivity index (χ0v) is 15.2. The predicted molar refractivity (Wildman–Crippen MR) is 98.6 cm³/mol. The van der Waals surface area contributed by atoms with Crippen LogP contribution in [0.25, 0.3) is 11.5 Å². The van der Waals surface area contributed by atoms with Gasteiger partial charge >= 0.3 is 5.97 Å². The molecule has 2 N–H and O–H groups in total. The van der Waals surface area contributed by atoms with Gasteiger partial charge in [0.25, 0.3) is 0 Å². The maximum absolute atomic E-state index is 11.7. The zero-order chi connectivity index (χ0) is 18.5. The Bertz CT molecular complexity index is 912. The van der Waals surface area contributed by atoms with Crippen LogP contribution in [0, 0.1) is 6.92 Å². The Kier molecular flexibility index (Phi) is 5.52. The Morgan fingerprint density at radius 3 is 2.73 bits per heavy atom. The van der Waals surface area contributed by atoms with Crippen LogP contribution in [0.1, 0.15) is 28.7 Å². The van der Waals surface area contributed by atoms with E-state index in [2.05, 4.69) is 15.0 Å². The summed E-state index contributed by atoms with van der Waals surface area (Å²) in [6.07, 6.45) is 1.38. The van der Waals surface area contributed by atoms with E-state index in [1.165, 1.54) is 18.0 Å². The predicted octanol–water partition coefficient (Wildman–Crippen LogP) is 3.49. The highest BCUT2D eigenvalue weighted by Gasteiger charge is 2.15. The third-order valence-corrected chi connectivity index (χ3v) is 4.42. The molecule has 26 heavy (non-hydrogen) atoms. The van der Waals surface area contributed by atoms with Crippen molar-refractivity contribution in [2.24, 2.45) is 0 Å². The van der Waals surface area contributed by atoms with Gasteiger partial charge in [-0.25, -0.2) is 19.7 Å². The number of hydrogen-bond donors (Lipinski definition) is 1. The Labute approximate surface area is 155 Å². The van der Waals surface area contributed by atoms with Crippen molar-refractivity contribution in [3.05, 3.63) is 53.5 Å². The first-order valence-electron chi connectivity index (χ1n) is 8.02. The standard InChI is InChI=1S/C18H18N4O3S/c1-3-24-17(23)13-9-20-18(22-15(13)19)26-10-14-11(2)25-16(21-14)12-7-5-4-6-8-12/h4-9H,3,10H2,1-2H3,(H2,19,20,22). The lowest BCUT2D eigenvalue weighted by molar-refractivity contribution is 0.0526. The van der Waals surface area contributed by atoms with Gasteiger partial charge in [0.15, 0.2) is 5.16 Å². The van der Waals surface area contributed by atoms with E-state index >= 15 is 0 Å². The molecule has 3 rings (SSSR count). The minimum atomic E-state index is -0.526. The van der Waals surface area contributed by atoms with Crippen LogP contribution in [-0.4, -0.2) is 27.5 Å². The Morgan fingerprint density at radius 2 is 2.04 bits per heavy atom. The molecule has 2 aromatic heterocycles. The molecule has 0 spiro atoms. The number of aromatic nitrogens is 3. The molecule has 8 heteroatoms. The number of oxazole rings is 1. The van der Waals surface area contributed by atoms with Crippen LogP contribution in [0.3, 0.4) is 0 Å². The lowest BCUT2D eigenvalue weighted by Gasteiger charge is -2.05. The van der Waals surface area contributed by atoms with Gasteiger partial charge in [0, 0.05) is 17.5 Å². The minimum absolute atomic E-state index is 0.0998. The summed E-state index contributed by atoms with van der Waals surface area (Å²) < 4.78 is 10.6. The van der Waals surface area contributed by atoms with E-state index in [4.69, 9.17) is 14.9 Å². The van der Waals surface area contributed by atoms with Crippen molar-refractivity contribution in [3.63, 3.8) is 0 Å². The fraction of sp³-hybridized carbons (Fsp3) is 0.222. The number of anilines is 1. The van der Waals surface area contributed by atoms with E-state index in [-0.39, 0.29) is 18.0 Å². The molecule has 1 aromatic carbocycles. The number of carbonyl (C=O) groups excluding carboxylic acids is 1. The number of ether oxygens (including phenoxy) is 1. The summed E-state index contributed by atoms with van der Waals surface area (Å²) in [5.74, 6) is 1.42. The first-order valence-corrected chi connectivity index (χ1v) is 9.01. The maximum Gasteiger partial charge on any atom is 0.343 e. The summed E-state index contributed by atoms with van der Waals surface area (Å²) in [7, 11) is 0. The van der Waals surface area contributed by atoms with Gasteiger partial charge in [0.1, 0.15) is 17.1 Å². The quantitative estimate of drug-likeness (QED) is 0.399. The Morgan fingerprint density at radius 1 is 1.27 bits per heavy atom. The van der Waals surface area contributed by atoms with Gasteiger partial charge < -0.3 is 14.9 Å². The second-order valence-electron chi connectivity index (χ2n) is 5.35. The van der Waals surface area contributed by atoms with E-state index < -0.39 is 5.97 Å². The first-order chi connectivity index (χ1) is 12.6. The van der Waals surface area contributed by atoms with Gasteiger partial charge in [-0.15, -0.1) is 0 Å². The molecular formula is C18H18N4O3S. The number of hydrogen-bond acceptors (Lipinski definition) is 8. The molecule has 2 heterocycles. The third-order valence-electron chi connectivity index (χ3n) is 3.54. The van der Waals surface area contributed by atoms with Crippen molar-refractivity contribution >= 4 is 23.5 Å². The van der Waals surface area contributed by atoms with Crippen molar-refractivity contribution in [2.75, 3.05) is 12.3 Å². The fourth-order valence-corrected chi connectivity index (χ4v) is 3.04. The SMILES string of the molecule is CCOC(=O)c1cnc(SCc2nc(-c3ccccc3)oc2C)nc1N. The number of thioether (sulfide) groups is 1. The fourth-order valence-electron chi connectivity index (χ4n) is 2.21. The molecule has 3 aromatic rings. The molecule has 0 aliphatic carbocycles. The third kappa shape index (κ3) is 4.02. The highest BCUT2D eigenvalue weighted by atomic mass is 32.2. The summed E-state index contributed by atoms with van der Waals surface area (Å²) in [6.45, 7) is 3.86. The van der Waals surface area contributed by atoms with E-state index in [0.717, 1.165) is 17.0 Å². The summed E-state index contributed by atoms with van der Waals surface area (Å²) >= 11 is 1.37. The average molecular weight is 370 g/mol. The van der Waals surface area contributed by atoms with E-state index in [0.29, 0.717) is 16.8 Å². The number of nitrogen functional groups attached to an aromatic ring is 1. The average Bonchev–Trinajstić information content (AvgIpc) is 3.02. The number of benzene rings is 1. The largest absolute Gasteiger partial charge is 0.462 e. The summed E-state index contributed by atoms with van der Waals surface area (Å²) in [4.78, 5) is 24.6. The van der Waals surface area contributed by atoms with Crippen molar-refractivity contribution in [1.82, 2.24) is 15.0 Å². The number of rotatable bonds is 6. The molecule has 0 bridgehead atoms. The second kappa shape index (κ2) is 8.01. The molecule has 0 aliphatic rings. The van der Waals surface area contributed by atoms with Crippen molar-refractivity contribution in [1.29, 1.82) is 0 Å². The lowest BCUT2D eigenvalue weighted by Crippen LogP contribution is -2.10. The van der Waals surface area contributed by atoms with Crippen LogP contribution < -0.4 is 5.73 Å². The normalized spacial score (nSPS) is 10.7. The maximum atomic E-state index is 11.7. The van der Waals surface area contributed by atoms with Gasteiger partial charge in [-0.1, -0.05) is 30.0 Å². The van der Waals surface area contributed by atoms with Crippen molar-refractivity contribution in [3.8, 4) is 11.5 Å².